The van der Waals surface area contributed by atoms with Crippen molar-refractivity contribution in [3.8, 4) is 28.3 Å². The Hall–Kier alpha value is -3.11. The number of nitrogens with one attached hydrogen (secondary N) is 1. The molecule has 9 nitrogen and oxygen atoms in total. The third-order valence-corrected chi connectivity index (χ3v) is 4.81. The number of carbonyl (C=O) groups excluding carboxylic acids is 1. The second kappa shape index (κ2) is 5.46. The Morgan fingerprint density at radius 1 is 1.08 bits per heavy atom. The Balaban J connectivity index is 2.07. The van der Waals surface area contributed by atoms with E-state index in [2.05, 4.69) is 20.6 Å². The topological polar surface area (TPSA) is 141 Å². The van der Waals surface area contributed by atoms with Crippen LogP contribution >= 0.6 is 0 Å². The zero-order chi connectivity index (χ0) is 17.6. The first-order valence-electron chi connectivity index (χ1n) is 7.16. The average molecular weight is 357 g/mol. The van der Waals surface area contributed by atoms with E-state index in [1.54, 1.807) is 30.3 Å². The van der Waals surface area contributed by atoms with Crippen LogP contribution in [0.25, 0.3) is 22.5 Å². The highest BCUT2D eigenvalue weighted by atomic mass is 32.2. The lowest BCUT2D eigenvalue weighted by Gasteiger charge is -2.13. The van der Waals surface area contributed by atoms with E-state index in [0.29, 0.717) is 22.4 Å². The molecule has 0 spiro atoms. The van der Waals surface area contributed by atoms with Crippen molar-refractivity contribution in [1.29, 1.82) is 0 Å². The number of nitrogens with zero attached hydrogens (tertiary/aromatic N) is 3. The van der Waals surface area contributed by atoms with E-state index < -0.39 is 10.0 Å². The molecule has 1 aromatic heterocycles. The molecule has 0 fully saturated rings. The Morgan fingerprint density at radius 3 is 2.52 bits per heavy atom. The number of nitrogens with two attached hydrogens (primary N) is 1. The number of hydrogen-bond donors (Lipinski definition) is 2. The first-order valence-corrected chi connectivity index (χ1v) is 8.70. The predicted molar refractivity (Wildman–Crippen MR) is 86.2 cm³/mol. The summed E-state index contributed by atoms with van der Waals surface area (Å²) >= 11 is 0. The third-order valence-electron chi connectivity index (χ3n) is 3.85. The van der Waals surface area contributed by atoms with Gasteiger partial charge in [-0.15, -0.1) is 10.2 Å². The molecule has 0 atom stereocenters. The van der Waals surface area contributed by atoms with Crippen LogP contribution < -0.4 is 9.88 Å². The van der Waals surface area contributed by atoms with Gasteiger partial charge in [0, 0.05) is 5.56 Å². The first kappa shape index (κ1) is 15.4. The molecule has 0 amide bonds. The molecule has 3 N–H and O–H groups in total. The van der Waals surface area contributed by atoms with Crippen molar-refractivity contribution in [2.75, 3.05) is 6.61 Å². The molecule has 0 unspecified atom stereocenters. The summed E-state index contributed by atoms with van der Waals surface area (Å²) in [5, 5.41) is 18.9. The summed E-state index contributed by atoms with van der Waals surface area (Å²) in [4.78, 5) is 11.8. The summed E-state index contributed by atoms with van der Waals surface area (Å²) < 4.78 is 29.5. The number of ketones is 1. The van der Waals surface area contributed by atoms with Gasteiger partial charge in [-0.25, -0.2) is 13.6 Å². The van der Waals surface area contributed by atoms with Crippen molar-refractivity contribution in [3.63, 3.8) is 0 Å². The second-order valence-corrected chi connectivity index (χ2v) is 6.88. The normalized spacial score (nSPS) is 13.6. The summed E-state index contributed by atoms with van der Waals surface area (Å²) in [7, 11) is -4.04. The number of ether oxygens (including phenoxy) is 1. The highest BCUT2D eigenvalue weighted by molar-refractivity contribution is 7.89. The van der Waals surface area contributed by atoms with E-state index in [1.807, 2.05) is 0 Å². The molecule has 0 bridgehead atoms. The Labute approximate surface area is 141 Å². The number of tetrazole rings is 1. The number of fused-ring (bicyclic) bond motifs is 1. The molecule has 10 heteroatoms. The molecule has 4 rings (SSSR count). The van der Waals surface area contributed by atoms with Crippen LogP contribution in [0.1, 0.15) is 10.4 Å². The van der Waals surface area contributed by atoms with Crippen LogP contribution in [0.3, 0.4) is 0 Å². The van der Waals surface area contributed by atoms with Crippen LogP contribution in [0.2, 0.25) is 0 Å². The van der Waals surface area contributed by atoms with Crippen molar-refractivity contribution in [1.82, 2.24) is 20.6 Å². The fraction of sp³-hybridized carbons (Fsp3) is 0.0667. The number of carbonyl (C=O) groups is 1. The van der Waals surface area contributed by atoms with Crippen LogP contribution in [0.15, 0.2) is 41.3 Å². The van der Waals surface area contributed by atoms with Crippen molar-refractivity contribution in [3.05, 3.63) is 42.0 Å². The maximum atomic E-state index is 12.0. The minimum absolute atomic E-state index is 0.0568. The molecular weight excluding hydrogens is 346 g/mol. The largest absolute Gasteiger partial charge is 0.484 e. The number of aromatic nitrogens is 4. The van der Waals surface area contributed by atoms with Gasteiger partial charge in [-0.05, 0) is 22.9 Å². The molecule has 1 aliphatic heterocycles. The third kappa shape index (κ3) is 2.47. The van der Waals surface area contributed by atoms with E-state index in [4.69, 9.17) is 9.88 Å². The quantitative estimate of drug-likeness (QED) is 0.704. The van der Waals surface area contributed by atoms with Gasteiger partial charge in [0.2, 0.25) is 21.6 Å². The number of benzene rings is 2. The fourth-order valence-electron chi connectivity index (χ4n) is 2.83. The molecule has 126 valence electrons. The van der Waals surface area contributed by atoms with Gasteiger partial charge in [0.05, 0.1) is 16.0 Å². The summed E-state index contributed by atoms with van der Waals surface area (Å²) in [6.07, 6.45) is 0. The summed E-state index contributed by atoms with van der Waals surface area (Å²) in [5.74, 6) is 0.325. The van der Waals surface area contributed by atoms with Gasteiger partial charge < -0.3 is 4.74 Å². The molecule has 0 aliphatic carbocycles. The van der Waals surface area contributed by atoms with Crippen LogP contribution in [0.5, 0.6) is 5.75 Å². The van der Waals surface area contributed by atoms with Crippen molar-refractivity contribution >= 4 is 15.8 Å². The van der Waals surface area contributed by atoms with Gasteiger partial charge in [0.15, 0.2) is 6.61 Å². The number of H-pyrrole nitrogens is 1. The Bertz CT molecular complexity index is 1090. The van der Waals surface area contributed by atoms with Gasteiger partial charge in [-0.1, -0.05) is 24.3 Å². The standard InChI is InChI=1S/C15H11N5O4S/c16-25(22,23)12-6-2-3-8(13(12)15-17-19-20-18-15)9-4-1-5-10-11(21)7-24-14(9)10/h1-6H,7H2,(H2,16,22,23)(H,17,18,19,20). The SMILES string of the molecule is NS(=O)(=O)c1cccc(-c2cccc3c2OCC3=O)c1-c1nn[nH]n1. The van der Waals surface area contributed by atoms with Gasteiger partial charge in [0.25, 0.3) is 0 Å². The molecule has 0 saturated heterocycles. The van der Waals surface area contributed by atoms with E-state index in [1.165, 1.54) is 6.07 Å². The Morgan fingerprint density at radius 2 is 1.80 bits per heavy atom. The summed E-state index contributed by atoms with van der Waals surface area (Å²) in [6, 6.07) is 9.68. The van der Waals surface area contributed by atoms with Crippen LogP contribution in [-0.2, 0) is 10.0 Å². The molecule has 2 heterocycles. The van der Waals surface area contributed by atoms with Crippen LogP contribution in [0, 0.1) is 0 Å². The van der Waals surface area contributed by atoms with Gasteiger partial charge in [0.1, 0.15) is 5.75 Å². The lowest BCUT2D eigenvalue weighted by Crippen LogP contribution is -2.14. The molecule has 2 aromatic carbocycles. The van der Waals surface area contributed by atoms with Gasteiger partial charge in [-0.2, -0.15) is 5.21 Å². The number of primary sulfonamides is 1. The van der Waals surface area contributed by atoms with Crippen LogP contribution in [0.4, 0.5) is 0 Å². The lowest BCUT2D eigenvalue weighted by molar-refractivity contribution is 0.0961. The maximum absolute atomic E-state index is 12.0. The summed E-state index contributed by atoms with van der Waals surface area (Å²) in [6.45, 7) is -0.0568. The first-order chi connectivity index (χ1) is 12.0. The second-order valence-electron chi connectivity index (χ2n) is 5.35. The highest BCUT2D eigenvalue weighted by Crippen LogP contribution is 2.42. The van der Waals surface area contributed by atoms with E-state index in [-0.39, 0.29) is 28.7 Å². The molecule has 0 radical (unpaired) electrons. The molecular formula is C15H11N5O4S. The average Bonchev–Trinajstić information content (AvgIpc) is 3.24. The number of sulfonamides is 1. The van der Waals surface area contributed by atoms with Gasteiger partial charge >= 0.3 is 0 Å². The van der Waals surface area contributed by atoms with Gasteiger partial charge in [-0.3, -0.25) is 4.79 Å². The monoisotopic (exact) mass is 357 g/mol. The number of hydrogen-bond acceptors (Lipinski definition) is 7. The maximum Gasteiger partial charge on any atom is 0.238 e. The number of para-hydroxylation sites is 1. The molecule has 3 aromatic rings. The molecule has 1 aliphatic rings. The Kier molecular flexibility index (Phi) is 3.37. The smallest absolute Gasteiger partial charge is 0.238 e. The molecule has 0 saturated carbocycles. The predicted octanol–water partition coefficient (Wildman–Crippen LogP) is 0.756. The number of aromatic amines is 1. The highest BCUT2D eigenvalue weighted by Gasteiger charge is 2.28. The zero-order valence-corrected chi connectivity index (χ0v) is 13.4. The zero-order valence-electron chi connectivity index (χ0n) is 12.6. The van der Waals surface area contributed by atoms with Crippen molar-refractivity contribution < 1.29 is 17.9 Å². The number of rotatable bonds is 3. The number of Topliss-reactive ketones (excluding diaryl/α,β-unsaturated/α-hetero) is 1. The summed E-state index contributed by atoms with van der Waals surface area (Å²) in [5.41, 5.74) is 1.65. The van der Waals surface area contributed by atoms with E-state index in [9.17, 15) is 13.2 Å². The molecule has 25 heavy (non-hydrogen) atoms. The van der Waals surface area contributed by atoms with Crippen LogP contribution in [-0.4, -0.2) is 41.4 Å². The minimum atomic E-state index is -4.04. The van der Waals surface area contributed by atoms with E-state index in [0.717, 1.165) is 0 Å². The van der Waals surface area contributed by atoms with Crippen molar-refractivity contribution in [2.45, 2.75) is 4.90 Å². The lowest BCUT2D eigenvalue weighted by atomic mass is 9.96. The minimum Gasteiger partial charge on any atom is -0.484 e. The van der Waals surface area contributed by atoms with Crippen molar-refractivity contribution in [2.24, 2.45) is 5.14 Å². The fourth-order valence-corrected chi connectivity index (χ4v) is 3.58. The van der Waals surface area contributed by atoms with E-state index >= 15 is 0 Å².